The molecule has 0 spiro atoms. The van der Waals surface area contributed by atoms with Gasteiger partial charge in [-0.25, -0.2) is 13.2 Å². The normalized spacial score (nSPS) is 23.6. The van der Waals surface area contributed by atoms with E-state index in [9.17, 15) is 13.2 Å². The Morgan fingerprint density at radius 2 is 2.12 bits per heavy atom. The topological polar surface area (TPSA) is 88.1 Å². The smallest absolute Gasteiger partial charge is 0.400 e. The van der Waals surface area contributed by atoms with Crippen LogP contribution in [0.2, 0.25) is 0 Å². The van der Waals surface area contributed by atoms with Crippen LogP contribution in [-0.2, 0) is 33.0 Å². The SMILES string of the molecule is CC(C)OCCOC(=O)C1COS(=O)(=O)O1. The first-order valence-electron chi connectivity index (χ1n) is 4.76. The lowest BCUT2D eigenvalue weighted by atomic mass is 10.4. The predicted molar refractivity (Wildman–Crippen MR) is 51.8 cm³/mol. The molecule has 1 aliphatic heterocycles. The monoisotopic (exact) mass is 254 g/mol. The molecule has 0 aromatic carbocycles. The molecule has 1 unspecified atom stereocenters. The number of rotatable bonds is 5. The summed E-state index contributed by atoms with van der Waals surface area (Å²) in [6, 6.07) is 0. The Morgan fingerprint density at radius 3 is 2.62 bits per heavy atom. The van der Waals surface area contributed by atoms with E-state index in [1.54, 1.807) is 0 Å². The van der Waals surface area contributed by atoms with Crippen LogP contribution < -0.4 is 0 Å². The van der Waals surface area contributed by atoms with Gasteiger partial charge in [-0.2, -0.15) is 8.42 Å². The van der Waals surface area contributed by atoms with Crippen molar-refractivity contribution in [1.29, 1.82) is 0 Å². The van der Waals surface area contributed by atoms with E-state index in [0.717, 1.165) is 0 Å². The van der Waals surface area contributed by atoms with Gasteiger partial charge in [0.25, 0.3) is 0 Å². The first-order valence-corrected chi connectivity index (χ1v) is 6.10. The summed E-state index contributed by atoms with van der Waals surface area (Å²) in [7, 11) is -4.02. The third-order valence-corrected chi connectivity index (χ3v) is 2.53. The molecule has 1 atom stereocenters. The van der Waals surface area contributed by atoms with Crippen LogP contribution in [0.5, 0.6) is 0 Å². The summed E-state index contributed by atoms with van der Waals surface area (Å²) in [6.07, 6.45) is -1.16. The molecule has 0 aromatic heterocycles. The molecule has 1 rings (SSSR count). The average Bonchev–Trinajstić information content (AvgIpc) is 2.53. The third kappa shape index (κ3) is 4.44. The van der Waals surface area contributed by atoms with E-state index in [-0.39, 0.29) is 25.9 Å². The zero-order valence-electron chi connectivity index (χ0n) is 9.04. The van der Waals surface area contributed by atoms with E-state index in [2.05, 4.69) is 8.37 Å². The van der Waals surface area contributed by atoms with Crippen LogP contribution in [0.3, 0.4) is 0 Å². The number of hydrogen-bond donors (Lipinski definition) is 0. The molecule has 7 nitrogen and oxygen atoms in total. The highest BCUT2D eigenvalue weighted by atomic mass is 32.3. The van der Waals surface area contributed by atoms with Gasteiger partial charge in [-0.15, -0.1) is 0 Å². The molecule has 16 heavy (non-hydrogen) atoms. The van der Waals surface area contributed by atoms with E-state index in [0.29, 0.717) is 0 Å². The van der Waals surface area contributed by atoms with Crippen molar-refractivity contribution in [3.63, 3.8) is 0 Å². The molecule has 1 fully saturated rings. The zero-order valence-corrected chi connectivity index (χ0v) is 9.86. The maximum Gasteiger partial charge on any atom is 0.400 e. The van der Waals surface area contributed by atoms with E-state index >= 15 is 0 Å². The highest BCUT2D eigenvalue weighted by Crippen LogP contribution is 2.13. The Balaban J connectivity index is 2.21. The lowest BCUT2D eigenvalue weighted by Gasteiger charge is -2.09. The summed E-state index contributed by atoms with van der Waals surface area (Å²) < 4.78 is 39.8. The Labute approximate surface area is 93.9 Å². The molecule has 1 heterocycles. The second-order valence-corrected chi connectivity index (χ2v) is 4.61. The van der Waals surface area contributed by atoms with E-state index in [1.165, 1.54) is 0 Å². The van der Waals surface area contributed by atoms with Crippen molar-refractivity contribution in [2.75, 3.05) is 19.8 Å². The van der Waals surface area contributed by atoms with Crippen molar-refractivity contribution in [1.82, 2.24) is 0 Å². The molecular formula is C8H14O7S. The maximum absolute atomic E-state index is 11.2. The van der Waals surface area contributed by atoms with Gasteiger partial charge in [-0.3, -0.25) is 0 Å². The molecule has 0 N–H and O–H groups in total. The summed E-state index contributed by atoms with van der Waals surface area (Å²) in [5.41, 5.74) is 0. The van der Waals surface area contributed by atoms with E-state index in [1.807, 2.05) is 13.8 Å². The van der Waals surface area contributed by atoms with Gasteiger partial charge in [0, 0.05) is 0 Å². The summed E-state index contributed by atoms with van der Waals surface area (Å²) in [5.74, 6) is -0.770. The Bertz CT molecular complexity index is 334. The fraction of sp³-hybridized carbons (Fsp3) is 0.875. The molecule has 1 saturated heterocycles. The fourth-order valence-corrected chi connectivity index (χ4v) is 1.73. The molecule has 8 heteroatoms. The quantitative estimate of drug-likeness (QED) is 0.488. The van der Waals surface area contributed by atoms with Crippen molar-refractivity contribution in [3.8, 4) is 0 Å². The number of esters is 1. The second-order valence-electron chi connectivity index (χ2n) is 3.36. The van der Waals surface area contributed by atoms with Crippen molar-refractivity contribution >= 4 is 16.4 Å². The first kappa shape index (κ1) is 13.4. The van der Waals surface area contributed by atoms with Crippen LogP contribution >= 0.6 is 0 Å². The molecule has 0 aromatic rings. The maximum atomic E-state index is 11.2. The summed E-state index contributed by atoms with van der Waals surface area (Å²) in [5, 5.41) is 0. The van der Waals surface area contributed by atoms with Crippen LogP contribution in [0.25, 0.3) is 0 Å². The molecule has 0 amide bonds. The zero-order chi connectivity index (χ0) is 12.2. The minimum absolute atomic E-state index is 0.0464. The van der Waals surface area contributed by atoms with Gasteiger partial charge in [0.15, 0.2) is 0 Å². The predicted octanol–water partition coefficient (Wildman–Crippen LogP) is -0.385. The standard InChI is InChI=1S/C8H14O7S/c1-6(2)12-3-4-13-8(9)7-5-14-16(10,11)15-7/h6-7H,3-5H2,1-2H3. The second kappa shape index (κ2) is 5.58. The molecule has 0 aliphatic carbocycles. The van der Waals surface area contributed by atoms with Crippen molar-refractivity contribution in [2.45, 2.75) is 26.1 Å². The van der Waals surface area contributed by atoms with Crippen molar-refractivity contribution in [2.24, 2.45) is 0 Å². The van der Waals surface area contributed by atoms with Crippen LogP contribution in [0.1, 0.15) is 13.8 Å². The Kier molecular flexibility index (Phi) is 4.66. The summed E-state index contributed by atoms with van der Waals surface area (Å²) in [6.45, 7) is 3.66. The van der Waals surface area contributed by atoms with Gasteiger partial charge in [-0.1, -0.05) is 0 Å². The molecule has 1 aliphatic rings. The number of carbonyl (C=O) groups excluding carboxylic acids is 1. The number of carbonyl (C=O) groups is 1. The fourth-order valence-electron chi connectivity index (χ4n) is 0.969. The Morgan fingerprint density at radius 1 is 1.44 bits per heavy atom. The van der Waals surface area contributed by atoms with Gasteiger partial charge in [-0.05, 0) is 13.8 Å². The highest BCUT2D eigenvalue weighted by molar-refractivity contribution is 7.82. The lowest BCUT2D eigenvalue weighted by Crippen LogP contribution is -2.27. The van der Waals surface area contributed by atoms with Crippen LogP contribution in [-0.4, -0.2) is 46.4 Å². The average molecular weight is 254 g/mol. The third-order valence-electron chi connectivity index (χ3n) is 1.64. The summed E-state index contributed by atoms with van der Waals surface area (Å²) in [4.78, 5) is 11.2. The minimum Gasteiger partial charge on any atom is -0.461 e. The number of hydrogen-bond acceptors (Lipinski definition) is 7. The largest absolute Gasteiger partial charge is 0.461 e. The van der Waals surface area contributed by atoms with Crippen LogP contribution in [0, 0.1) is 0 Å². The Hall–Kier alpha value is -0.700. The van der Waals surface area contributed by atoms with Crippen molar-refractivity contribution in [3.05, 3.63) is 0 Å². The first-order chi connectivity index (χ1) is 7.41. The highest BCUT2D eigenvalue weighted by Gasteiger charge is 2.36. The van der Waals surface area contributed by atoms with Gasteiger partial charge in [0.05, 0.1) is 12.7 Å². The van der Waals surface area contributed by atoms with Crippen LogP contribution in [0.4, 0.5) is 0 Å². The molecule has 0 bridgehead atoms. The van der Waals surface area contributed by atoms with Gasteiger partial charge in [0.2, 0.25) is 6.10 Å². The number of ether oxygens (including phenoxy) is 2. The molecular weight excluding hydrogens is 240 g/mol. The van der Waals surface area contributed by atoms with E-state index < -0.39 is 22.5 Å². The van der Waals surface area contributed by atoms with Crippen molar-refractivity contribution < 1.29 is 31.1 Å². The van der Waals surface area contributed by atoms with Gasteiger partial charge in [0.1, 0.15) is 13.2 Å². The minimum atomic E-state index is -4.02. The molecule has 94 valence electrons. The van der Waals surface area contributed by atoms with Gasteiger partial charge >= 0.3 is 16.4 Å². The van der Waals surface area contributed by atoms with Gasteiger partial charge < -0.3 is 9.47 Å². The molecule has 0 radical (unpaired) electrons. The lowest BCUT2D eigenvalue weighted by molar-refractivity contribution is -0.153. The summed E-state index contributed by atoms with van der Waals surface area (Å²) >= 11 is 0. The van der Waals surface area contributed by atoms with Crippen LogP contribution in [0.15, 0.2) is 0 Å². The van der Waals surface area contributed by atoms with E-state index in [4.69, 9.17) is 9.47 Å². The molecule has 0 saturated carbocycles.